The van der Waals surface area contributed by atoms with E-state index in [0.717, 1.165) is 18.5 Å². The molecule has 0 aromatic heterocycles. The van der Waals surface area contributed by atoms with Crippen LogP contribution >= 0.6 is 0 Å². The minimum absolute atomic E-state index is 0.282. The minimum Gasteiger partial charge on any atom is -0.310 e. The highest BCUT2D eigenvalue weighted by Crippen LogP contribution is 2.30. The summed E-state index contributed by atoms with van der Waals surface area (Å²) >= 11 is 0. The summed E-state index contributed by atoms with van der Waals surface area (Å²) in [6, 6.07) is 6.24. The molecule has 0 radical (unpaired) electrons. The smallest absolute Gasteiger partial charge is 0.178 e. The van der Waals surface area contributed by atoms with Gasteiger partial charge in [-0.1, -0.05) is 12.1 Å². The number of sulfone groups is 1. The lowest BCUT2D eigenvalue weighted by Crippen LogP contribution is -2.13. The molecule has 0 spiro atoms. The Hall–Kier alpha value is -0.870. The van der Waals surface area contributed by atoms with Crippen LogP contribution in [-0.2, 0) is 16.3 Å². The van der Waals surface area contributed by atoms with Crippen LogP contribution in [0.4, 0.5) is 0 Å². The summed E-state index contributed by atoms with van der Waals surface area (Å²) < 4.78 is 23.3. The van der Waals surface area contributed by atoms with Crippen molar-refractivity contribution in [3.8, 4) is 0 Å². The predicted octanol–water partition coefficient (Wildman–Crippen LogP) is 1.44. The van der Waals surface area contributed by atoms with Crippen LogP contribution in [0, 0.1) is 0 Å². The lowest BCUT2D eigenvalue weighted by Gasteiger charge is -2.11. The van der Waals surface area contributed by atoms with Gasteiger partial charge < -0.3 is 5.32 Å². The number of rotatable bonds is 1. The van der Waals surface area contributed by atoms with E-state index in [2.05, 4.69) is 11.4 Å². The van der Waals surface area contributed by atoms with E-state index in [-0.39, 0.29) is 5.75 Å². The zero-order valence-electron chi connectivity index (χ0n) is 9.07. The first-order chi connectivity index (χ1) is 7.67. The fourth-order valence-corrected chi connectivity index (χ4v) is 4.18. The van der Waals surface area contributed by atoms with E-state index in [0.29, 0.717) is 17.4 Å². The van der Waals surface area contributed by atoms with Crippen molar-refractivity contribution in [1.82, 2.24) is 5.32 Å². The maximum absolute atomic E-state index is 11.7. The molecule has 0 bridgehead atoms. The van der Waals surface area contributed by atoms with Crippen molar-refractivity contribution in [2.75, 3.05) is 12.3 Å². The van der Waals surface area contributed by atoms with Crippen molar-refractivity contribution < 1.29 is 8.42 Å². The van der Waals surface area contributed by atoms with E-state index in [1.54, 1.807) is 6.07 Å². The molecule has 3 rings (SSSR count). The summed E-state index contributed by atoms with van der Waals surface area (Å²) in [5, 5.41) is 3.44. The Morgan fingerprint density at radius 2 is 2.19 bits per heavy atom. The molecule has 1 fully saturated rings. The molecule has 1 unspecified atom stereocenters. The summed E-state index contributed by atoms with van der Waals surface area (Å²) in [7, 11) is -2.97. The fraction of sp³-hybridized carbons (Fsp3) is 0.500. The van der Waals surface area contributed by atoms with Gasteiger partial charge in [-0.05, 0) is 43.0 Å². The van der Waals surface area contributed by atoms with Crippen LogP contribution in [0.5, 0.6) is 0 Å². The second-order valence-corrected chi connectivity index (χ2v) is 6.66. The van der Waals surface area contributed by atoms with Crippen molar-refractivity contribution in [3.05, 3.63) is 29.3 Å². The van der Waals surface area contributed by atoms with Gasteiger partial charge in [0.1, 0.15) is 0 Å². The second kappa shape index (κ2) is 3.57. The average molecular weight is 237 g/mol. The fourth-order valence-electron chi connectivity index (χ4n) is 2.64. The van der Waals surface area contributed by atoms with Crippen LogP contribution in [0.2, 0.25) is 0 Å². The zero-order chi connectivity index (χ0) is 11.2. The van der Waals surface area contributed by atoms with Gasteiger partial charge in [0.05, 0.1) is 10.6 Å². The highest BCUT2D eigenvalue weighted by atomic mass is 32.2. The van der Waals surface area contributed by atoms with Crippen LogP contribution < -0.4 is 5.32 Å². The molecule has 1 saturated heterocycles. The Morgan fingerprint density at radius 1 is 1.31 bits per heavy atom. The summed E-state index contributed by atoms with van der Waals surface area (Å²) in [5.41, 5.74) is 2.25. The summed E-state index contributed by atoms with van der Waals surface area (Å²) in [4.78, 5) is 0.550. The Labute approximate surface area is 95.8 Å². The SMILES string of the molecule is O=S1(=O)CCc2cc(C3CCCN3)ccc21. The third kappa shape index (κ3) is 1.57. The van der Waals surface area contributed by atoms with Crippen molar-refractivity contribution in [1.29, 1.82) is 0 Å². The molecule has 1 aromatic rings. The van der Waals surface area contributed by atoms with E-state index in [1.165, 1.54) is 12.0 Å². The first-order valence-electron chi connectivity index (χ1n) is 5.76. The molecule has 1 aromatic carbocycles. The molecule has 2 aliphatic rings. The van der Waals surface area contributed by atoms with Crippen molar-refractivity contribution in [3.63, 3.8) is 0 Å². The number of benzene rings is 1. The first-order valence-corrected chi connectivity index (χ1v) is 7.41. The highest BCUT2D eigenvalue weighted by Gasteiger charge is 2.27. The lowest BCUT2D eigenvalue weighted by molar-refractivity contribution is 0.600. The summed E-state index contributed by atoms with van der Waals surface area (Å²) in [5.74, 6) is 0.282. The molecule has 2 heterocycles. The highest BCUT2D eigenvalue weighted by molar-refractivity contribution is 7.91. The van der Waals surface area contributed by atoms with E-state index in [1.807, 2.05) is 6.07 Å². The quantitative estimate of drug-likeness (QED) is 0.804. The van der Waals surface area contributed by atoms with Gasteiger partial charge in [0, 0.05) is 6.04 Å². The predicted molar refractivity (Wildman–Crippen MR) is 62.2 cm³/mol. The van der Waals surface area contributed by atoms with Gasteiger partial charge in [0.25, 0.3) is 0 Å². The van der Waals surface area contributed by atoms with Gasteiger partial charge in [-0.3, -0.25) is 0 Å². The van der Waals surface area contributed by atoms with Crippen LogP contribution in [0.1, 0.15) is 30.0 Å². The summed E-state index contributed by atoms with van der Waals surface area (Å²) in [6.07, 6.45) is 3.05. The molecule has 16 heavy (non-hydrogen) atoms. The van der Waals surface area contributed by atoms with Gasteiger partial charge in [0.15, 0.2) is 9.84 Å². The molecular formula is C12H15NO2S. The molecule has 2 aliphatic heterocycles. The largest absolute Gasteiger partial charge is 0.310 e. The summed E-state index contributed by atoms with van der Waals surface area (Å²) in [6.45, 7) is 1.07. The number of aryl methyl sites for hydroxylation is 1. The lowest BCUT2D eigenvalue weighted by atomic mass is 10.0. The molecular weight excluding hydrogens is 222 g/mol. The number of nitrogens with one attached hydrogen (secondary N) is 1. The molecule has 1 N–H and O–H groups in total. The molecule has 0 saturated carbocycles. The van der Waals surface area contributed by atoms with Gasteiger partial charge in [-0.25, -0.2) is 8.42 Å². The maximum atomic E-state index is 11.7. The van der Waals surface area contributed by atoms with Gasteiger partial charge >= 0.3 is 0 Å². The van der Waals surface area contributed by atoms with Crippen LogP contribution in [0.3, 0.4) is 0 Å². The van der Waals surface area contributed by atoms with Crippen molar-refractivity contribution in [2.24, 2.45) is 0 Å². The van der Waals surface area contributed by atoms with Gasteiger partial charge in [-0.15, -0.1) is 0 Å². The third-order valence-corrected chi connectivity index (χ3v) is 5.33. The van der Waals surface area contributed by atoms with Crippen LogP contribution in [0.15, 0.2) is 23.1 Å². The normalized spacial score (nSPS) is 26.9. The monoisotopic (exact) mass is 237 g/mol. The van der Waals surface area contributed by atoms with E-state index < -0.39 is 9.84 Å². The number of hydrogen-bond acceptors (Lipinski definition) is 3. The Morgan fingerprint density at radius 3 is 2.94 bits per heavy atom. The second-order valence-electron chi connectivity index (χ2n) is 4.58. The molecule has 0 amide bonds. The minimum atomic E-state index is -2.97. The standard InChI is InChI=1S/C12H15NO2S/c14-16(15)7-5-10-8-9(3-4-12(10)16)11-2-1-6-13-11/h3-4,8,11,13H,1-2,5-7H2. The number of fused-ring (bicyclic) bond motifs is 1. The average Bonchev–Trinajstić information content (AvgIpc) is 2.87. The van der Waals surface area contributed by atoms with E-state index in [4.69, 9.17) is 0 Å². The zero-order valence-corrected chi connectivity index (χ0v) is 9.89. The van der Waals surface area contributed by atoms with Crippen LogP contribution in [-0.4, -0.2) is 20.7 Å². The van der Waals surface area contributed by atoms with E-state index >= 15 is 0 Å². The number of hydrogen-bond donors (Lipinski definition) is 1. The molecule has 86 valence electrons. The molecule has 0 aliphatic carbocycles. The van der Waals surface area contributed by atoms with Gasteiger partial charge in [0.2, 0.25) is 0 Å². The Bertz CT molecular complexity index is 516. The van der Waals surface area contributed by atoms with E-state index in [9.17, 15) is 8.42 Å². The topological polar surface area (TPSA) is 46.2 Å². The third-order valence-electron chi connectivity index (χ3n) is 3.52. The van der Waals surface area contributed by atoms with Crippen molar-refractivity contribution in [2.45, 2.75) is 30.2 Å². The molecule has 4 heteroatoms. The van der Waals surface area contributed by atoms with Crippen molar-refractivity contribution >= 4 is 9.84 Å². The van der Waals surface area contributed by atoms with Gasteiger partial charge in [-0.2, -0.15) is 0 Å². The molecule has 1 atom stereocenters. The molecule has 3 nitrogen and oxygen atoms in total. The van der Waals surface area contributed by atoms with Crippen LogP contribution in [0.25, 0.3) is 0 Å². The Balaban J connectivity index is 2.01. The first kappa shape index (κ1) is 10.3. The Kier molecular flexibility index (Phi) is 2.30. The maximum Gasteiger partial charge on any atom is 0.178 e.